The van der Waals surface area contributed by atoms with E-state index in [0.29, 0.717) is 24.3 Å². The van der Waals surface area contributed by atoms with Gasteiger partial charge < -0.3 is 11.5 Å². The first-order valence-electron chi connectivity index (χ1n) is 6.02. The number of aromatic nitrogens is 1. The molecule has 1 fully saturated rings. The standard InChI is InChI=1S/C13H19N3O/c1-9-5-10(12(15)16-7-9)11(17)6-13(8-14)3-2-4-13/h5,7H,2-4,6,8,14H2,1H3,(H2,15,16). The first-order valence-corrected chi connectivity index (χ1v) is 6.02. The third kappa shape index (κ3) is 2.31. The molecule has 0 unspecified atom stereocenters. The molecule has 92 valence electrons. The van der Waals surface area contributed by atoms with Crippen molar-refractivity contribution in [3.63, 3.8) is 0 Å². The van der Waals surface area contributed by atoms with Gasteiger partial charge in [0.1, 0.15) is 5.82 Å². The van der Waals surface area contributed by atoms with Crippen molar-refractivity contribution >= 4 is 11.6 Å². The second-order valence-corrected chi connectivity index (χ2v) is 5.10. The Labute approximate surface area is 101 Å². The van der Waals surface area contributed by atoms with Gasteiger partial charge in [0, 0.05) is 12.6 Å². The van der Waals surface area contributed by atoms with Crippen LogP contribution in [0, 0.1) is 12.3 Å². The highest BCUT2D eigenvalue weighted by molar-refractivity contribution is 6.00. The van der Waals surface area contributed by atoms with E-state index in [1.807, 2.05) is 13.0 Å². The molecule has 1 saturated carbocycles. The van der Waals surface area contributed by atoms with Crippen LogP contribution in [0.5, 0.6) is 0 Å². The summed E-state index contributed by atoms with van der Waals surface area (Å²) in [5.74, 6) is 0.399. The van der Waals surface area contributed by atoms with Crippen molar-refractivity contribution in [1.29, 1.82) is 0 Å². The highest BCUT2D eigenvalue weighted by Gasteiger charge is 2.37. The van der Waals surface area contributed by atoms with Crippen molar-refractivity contribution < 1.29 is 4.79 Å². The van der Waals surface area contributed by atoms with Gasteiger partial charge in [0.15, 0.2) is 5.78 Å². The first kappa shape index (κ1) is 12.0. The number of carbonyl (C=O) groups excluding carboxylic acids is 1. The molecule has 17 heavy (non-hydrogen) atoms. The van der Waals surface area contributed by atoms with E-state index in [-0.39, 0.29) is 11.2 Å². The van der Waals surface area contributed by atoms with Crippen molar-refractivity contribution in [3.05, 3.63) is 23.4 Å². The number of nitrogen functional groups attached to an aromatic ring is 1. The van der Waals surface area contributed by atoms with Gasteiger partial charge in [-0.05, 0) is 43.4 Å². The lowest BCUT2D eigenvalue weighted by atomic mass is 9.65. The molecular weight excluding hydrogens is 214 g/mol. The molecule has 4 heteroatoms. The molecule has 4 N–H and O–H groups in total. The predicted molar refractivity (Wildman–Crippen MR) is 67.7 cm³/mol. The molecular formula is C13H19N3O. The Morgan fingerprint density at radius 2 is 2.24 bits per heavy atom. The van der Waals surface area contributed by atoms with E-state index < -0.39 is 0 Å². The summed E-state index contributed by atoms with van der Waals surface area (Å²) in [5, 5.41) is 0. The third-order valence-electron chi connectivity index (χ3n) is 3.74. The van der Waals surface area contributed by atoms with E-state index in [9.17, 15) is 4.79 Å². The number of aryl methyl sites for hydroxylation is 1. The fraction of sp³-hybridized carbons (Fsp3) is 0.538. The monoisotopic (exact) mass is 233 g/mol. The minimum atomic E-state index is 0.0211. The number of ketones is 1. The van der Waals surface area contributed by atoms with Gasteiger partial charge >= 0.3 is 0 Å². The van der Waals surface area contributed by atoms with Crippen LogP contribution in [-0.2, 0) is 0 Å². The van der Waals surface area contributed by atoms with Crippen molar-refractivity contribution in [1.82, 2.24) is 4.98 Å². The zero-order valence-corrected chi connectivity index (χ0v) is 10.2. The fourth-order valence-corrected chi connectivity index (χ4v) is 2.37. The van der Waals surface area contributed by atoms with Gasteiger partial charge in [0.25, 0.3) is 0 Å². The maximum atomic E-state index is 12.2. The molecule has 0 radical (unpaired) electrons. The molecule has 0 spiro atoms. The van der Waals surface area contributed by atoms with Gasteiger partial charge in [-0.15, -0.1) is 0 Å². The summed E-state index contributed by atoms with van der Waals surface area (Å²) in [6.45, 7) is 2.49. The Hall–Kier alpha value is -1.42. The number of hydrogen-bond acceptors (Lipinski definition) is 4. The van der Waals surface area contributed by atoms with Crippen molar-refractivity contribution in [2.45, 2.75) is 32.6 Å². The summed E-state index contributed by atoms with van der Waals surface area (Å²) in [6, 6.07) is 1.81. The topological polar surface area (TPSA) is 82.0 Å². The lowest BCUT2D eigenvalue weighted by Crippen LogP contribution is -2.39. The average molecular weight is 233 g/mol. The fourth-order valence-electron chi connectivity index (χ4n) is 2.37. The van der Waals surface area contributed by atoms with E-state index in [1.54, 1.807) is 6.20 Å². The predicted octanol–water partition coefficient (Wildman–Crippen LogP) is 1.67. The van der Waals surface area contributed by atoms with Crippen LogP contribution in [0.15, 0.2) is 12.3 Å². The zero-order valence-electron chi connectivity index (χ0n) is 10.2. The van der Waals surface area contributed by atoms with Gasteiger partial charge in [-0.25, -0.2) is 4.98 Å². The molecule has 0 bridgehead atoms. The van der Waals surface area contributed by atoms with Crippen molar-refractivity contribution in [2.24, 2.45) is 11.1 Å². The number of nitrogens with two attached hydrogens (primary N) is 2. The maximum absolute atomic E-state index is 12.2. The number of rotatable bonds is 4. The molecule has 1 aliphatic rings. The van der Waals surface area contributed by atoms with Crippen molar-refractivity contribution in [3.8, 4) is 0 Å². The zero-order chi connectivity index (χ0) is 12.5. The first-order chi connectivity index (χ1) is 8.06. The van der Waals surface area contributed by atoms with Crippen LogP contribution in [0.25, 0.3) is 0 Å². The molecule has 1 aromatic rings. The van der Waals surface area contributed by atoms with Gasteiger partial charge in [-0.1, -0.05) is 6.42 Å². The van der Waals surface area contributed by atoms with E-state index in [4.69, 9.17) is 11.5 Å². The number of Topliss-reactive ketones (excluding diaryl/α,β-unsaturated/α-hetero) is 1. The lowest BCUT2D eigenvalue weighted by molar-refractivity contribution is 0.0786. The van der Waals surface area contributed by atoms with E-state index in [0.717, 1.165) is 18.4 Å². The van der Waals surface area contributed by atoms with Crippen LogP contribution >= 0.6 is 0 Å². The molecule has 0 saturated heterocycles. The second-order valence-electron chi connectivity index (χ2n) is 5.10. The summed E-state index contributed by atoms with van der Waals surface area (Å²) in [4.78, 5) is 16.2. The molecule has 0 aliphatic heterocycles. The largest absolute Gasteiger partial charge is 0.383 e. The Balaban J connectivity index is 2.17. The second kappa shape index (κ2) is 4.45. The maximum Gasteiger partial charge on any atom is 0.167 e. The molecule has 0 aromatic carbocycles. The minimum Gasteiger partial charge on any atom is -0.383 e. The Bertz CT molecular complexity index is 433. The Kier molecular flexibility index (Phi) is 3.15. The van der Waals surface area contributed by atoms with Crippen LogP contribution < -0.4 is 11.5 Å². The molecule has 0 amide bonds. The average Bonchev–Trinajstić information content (AvgIpc) is 2.26. The third-order valence-corrected chi connectivity index (χ3v) is 3.74. The van der Waals surface area contributed by atoms with Crippen LogP contribution in [-0.4, -0.2) is 17.3 Å². The summed E-state index contributed by atoms with van der Waals surface area (Å²) in [7, 11) is 0. The number of hydrogen-bond donors (Lipinski definition) is 2. The molecule has 1 aliphatic carbocycles. The lowest BCUT2D eigenvalue weighted by Gasteiger charge is -2.40. The van der Waals surface area contributed by atoms with E-state index in [2.05, 4.69) is 4.98 Å². The van der Waals surface area contributed by atoms with Gasteiger partial charge in [0.2, 0.25) is 0 Å². The van der Waals surface area contributed by atoms with E-state index >= 15 is 0 Å². The summed E-state index contributed by atoms with van der Waals surface area (Å²) < 4.78 is 0. The number of carbonyl (C=O) groups is 1. The quantitative estimate of drug-likeness (QED) is 0.775. The van der Waals surface area contributed by atoms with Crippen LogP contribution in [0.3, 0.4) is 0 Å². The van der Waals surface area contributed by atoms with Crippen molar-refractivity contribution in [2.75, 3.05) is 12.3 Å². The Morgan fingerprint density at radius 3 is 2.76 bits per heavy atom. The molecule has 1 heterocycles. The molecule has 2 rings (SSSR count). The summed E-state index contributed by atoms with van der Waals surface area (Å²) in [6.07, 6.45) is 5.45. The minimum absolute atomic E-state index is 0.0211. The van der Waals surface area contributed by atoms with Gasteiger partial charge in [-0.2, -0.15) is 0 Å². The smallest absolute Gasteiger partial charge is 0.167 e. The Morgan fingerprint density at radius 1 is 1.53 bits per heavy atom. The van der Waals surface area contributed by atoms with E-state index in [1.165, 1.54) is 6.42 Å². The number of pyridine rings is 1. The van der Waals surface area contributed by atoms with Gasteiger partial charge in [0.05, 0.1) is 5.56 Å². The SMILES string of the molecule is Cc1cnc(N)c(C(=O)CC2(CN)CCC2)c1. The van der Waals surface area contributed by atoms with Crippen LogP contribution in [0.1, 0.15) is 41.6 Å². The summed E-state index contributed by atoms with van der Waals surface area (Å²) in [5.41, 5.74) is 13.0. The normalized spacial score (nSPS) is 17.5. The summed E-state index contributed by atoms with van der Waals surface area (Å²) >= 11 is 0. The number of anilines is 1. The molecule has 1 aromatic heterocycles. The van der Waals surface area contributed by atoms with Crippen LogP contribution in [0.2, 0.25) is 0 Å². The number of nitrogens with zero attached hydrogens (tertiary/aromatic N) is 1. The molecule has 4 nitrogen and oxygen atoms in total. The van der Waals surface area contributed by atoms with Crippen LogP contribution in [0.4, 0.5) is 5.82 Å². The van der Waals surface area contributed by atoms with Gasteiger partial charge in [-0.3, -0.25) is 4.79 Å². The highest BCUT2D eigenvalue weighted by Crippen LogP contribution is 2.43. The molecule has 0 atom stereocenters. The highest BCUT2D eigenvalue weighted by atomic mass is 16.1.